The normalized spacial score (nSPS) is 26.8. The first-order valence-electron chi connectivity index (χ1n) is 11.2. The van der Waals surface area contributed by atoms with Gasteiger partial charge in [-0.05, 0) is 50.7 Å². The van der Waals surface area contributed by atoms with Gasteiger partial charge in [-0.25, -0.2) is 0 Å². The van der Waals surface area contributed by atoms with Gasteiger partial charge in [0.15, 0.2) is 0 Å². The summed E-state index contributed by atoms with van der Waals surface area (Å²) in [6.45, 7) is 4.99. The highest BCUT2D eigenvalue weighted by molar-refractivity contribution is 5.94. The van der Waals surface area contributed by atoms with E-state index < -0.39 is 0 Å². The molecule has 0 bridgehead atoms. The van der Waals surface area contributed by atoms with Crippen LogP contribution < -0.4 is 5.32 Å². The lowest BCUT2D eigenvalue weighted by Gasteiger charge is -2.36. The minimum absolute atomic E-state index is 0.0214. The third kappa shape index (κ3) is 5.17. The fourth-order valence-corrected chi connectivity index (χ4v) is 4.95. The second-order valence-corrected chi connectivity index (χ2v) is 8.64. The third-order valence-electron chi connectivity index (χ3n) is 6.62. The Kier molecular flexibility index (Phi) is 6.82. The molecule has 3 fully saturated rings. The average molecular weight is 400 g/mol. The van der Waals surface area contributed by atoms with Gasteiger partial charge >= 0.3 is 0 Å². The Morgan fingerprint density at radius 3 is 2.38 bits per heavy atom. The Labute approximate surface area is 173 Å². The van der Waals surface area contributed by atoms with Crippen LogP contribution >= 0.6 is 0 Å². The second-order valence-electron chi connectivity index (χ2n) is 8.64. The van der Waals surface area contributed by atoms with E-state index in [1.807, 2.05) is 30.3 Å². The molecule has 1 aromatic rings. The first-order valence-corrected chi connectivity index (χ1v) is 11.2. The van der Waals surface area contributed by atoms with E-state index in [0.29, 0.717) is 17.5 Å². The molecule has 1 aromatic carbocycles. The quantitative estimate of drug-likeness (QED) is 0.844. The van der Waals surface area contributed by atoms with Crippen LogP contribution in [0.15, 0.2) is 30.3 Å². The number of nitrogens with zero attached hydrogens (tertiary/aromatic N) is 2. The summed E-state index contributed by atoms with van der Waals surface area (Å²) in [5, 5.41) is 3.24. The molecule has 3 aliphatic rings. The van der Waals surface area contributed by atoms with E-state index in [9.17, 15) is 9.59 Å². The van der Waals surface area contributed by atoms with Gasteiger partial charge in [0.1, 0.15) is 0 Å². The molecule has 2 amide bonds. The van der Waals surface area contributed by atoms with Crippen LogP contribution in [0.1, 0.15) is 48.9 Å². The largest absolute Gasteiger partial charge is 0.381 e. The van der Waals surface area contributed by atoms with Gasteiger partial charge in [0, 0.05) is 57.0 Å². The number of nitrogens with one attached hydrogen (secondary N) is 1. The fourth-order valence-electron chi connectivity index (χ4n) is 4.95. The van der Waals surface area contributed by atoms with Crippen molar-refractivity contribution in [1.29, 1.82) is 0 Å². The number of hydrogen-bond donors (Lipinski definition) is 1. The molecule has 6 nitrogen and oxygen atoms in total. The van der Waals surface area contributed by atoms with Gasteiger partial charge in [0.25, 0.3) is 5.91 Å². The van der Waals surface area contributed by atoms with Crippen molar-refractivity contribution in [2.75, 3.05) is 39.4 Å². The topological polar surface area (TPSA) is 61.9 Å². The highest BCUT2D eigenvalue weighted by atomic mass is 16.5. The summed E-state index contributed by atoms with van der Waals surface area (Å²) < 4.78 is 5.56. The lowest BCUT2D eigenvalue weighted by molar-refractivity contribution is -0.135. The Balaban J connectivity index is 1.45. The smallest absolute Gasteiger partial charge is 0.251 e. The maximum absolute atomic E-state index is 13.1. The summed E-state index contributed by atoms with van der Waals surface area (Å²) in [7, 11) is 0. The molecule has 2 atom stereocenters. The number of ether oxygens (including phenoxy) is 1. The van der Waals surface area contributed by atoms with Gasteiger partial charge in [0.05, 0.1) is 5.92 Å². The summed E-state index contributed by atoms with van der Waals surface area (Å²) in [4.78, 5) is 30.3. The van der Waals surface area contributed by atoms with Crippen LogP contribution in [0.4, 0.5) is 0 Å². The Hall–Kier alpha value is -1.92. The molecule has 0 spiro atoms. The van der Waals surface area contributed by atoms with Crippen LogP contribution in [0.2, 0.25) is 0 Å². The first-order chi connectivity index (χ1) is 14.2. The molecule has 0 aliphatic carbocycles. The summed E-state index contributed by atoms with van der Waals surface area (Å²) in [5.41, 5.74) is 0.694. The van der Waals surface area contributed by atoms with Crippen LogP contribution in [0, 0.1) is 5.92 Å². The lowest BCUT2D eigenvalue weighted by atomic mass is 9.99. The van der Waals surface area contributed by atoms with E-state index in [1.165, 1.54) is 0 Å². The monoisotopic (exact) mass is 399 g/mol. The zero-order valence-electron chi connectivity index (χ0n) is 17.2. The van der Waals surface area contributed by atoms with E-state index >= 15 is 0 Å². The van der Waals surface area contributed by atoms with Crippen LogP contribution in [0.3, 0.4) is 0 Å². The number of carbonyl (C=O) groups is 2. The highest BCUT2D eigenvalue weighted by Gasteiger charge is 2.35. The van der Waals surface area contributed by atoms with Gasteiger partial charge in [-0.1, -0.05) is 18.2 Å². The standard InChI is InChI=1S/C23H33N3O3/c27-22(18-6-2-1-3-7-18)24-20-9-8-19(23(28)25-12-4-5-13-25)16-26(17-20)21-10-14-29-15-11-21/h1-3,6-7,19-21H,4-5,8-17H2,(H,24,27)/t19-,20+/m1/s1. The first kappa shape index (κ1) is 20.4. The van der Waals surface area contributed by atoms with Crippen LogP contribution in [0.5, 0.6) is 0 Å². The van der Waals surface area contributed by atoms with Crippen molar-refractivity contribution in [1.82, 2.24) is 15.1 Å². The molecule has 4 rings (SSSR count). The molecule has 3 saturated heterocycles. The molecule has 158 valence electrons. The molecule has 6 heteroatoms. The Morgan fingerprint density at radius 1 is 0.931 bits per heavy atom. The van der Waals surface area contributed by atoms with Gasteiger partial charge in [-0.15, -0.1) is 0 Å². The van der Waals surface area contributed by atoms with Gasteiger partial charge in [-0.3, -0.25) is 14.5 Å². The number of rotatable bonds is 4. The Morgan fingerprint density at radius 2 is 1.66 bits per heavy atom. The van der Waals surface area contributed by atoms with Crippen molar-refractivity contribution in [3.8, 4) is 0 Å². The van der Waals surface area contributed by atoms with E-state index in [0.717, 1.165) is 77.9 Å². The SMILES string of the molecule is O=C(N[C@H]1CC[C@@H](C(=O)N2CCCC2)CN(C2CCOCC2)C1)c1ccccc1. The van der Waals surface area contributed by atoms with Crippen LogP contribution in [-0.4, -0.2) is 73.1 Å². The maximum Gasteiger partial charge on any atom is 0.251 e. The summed E-state index contributed by atoms with van der Waals surface area (Å²) in [6.07, 6.45) is 5.95. The minimum atomic E-state index is -0.0214. The van der Waals surface area contributed by atoms with Crippen LogP contribution in [-0.2, 0) is 9.53 Å². The predicted molar refractivity (Wildman–Crippen MR) is 112 cm³/mol. The van der Waals surface area contributed by atoms with Crippen molar-refractivity contribution in [3.05, 3.63) is 35.9 Å². The fraction of sp³-hybridized carbons (Fsp3) is 0.652. The summed E-state index contributed by atoms with van der Waals surface area (Å²) >= 11 is 0. The number of benzene rings is 1. The summed E-state index contributed by atoms with van der Waals surface area (Å²) in [6, 6.07) is 9.91. The molecular weight excluding hydrogens is 366 g/mol. The van der Waals surface area contributed by atoms with E-state index in [1.54, 1.807) is 0 Å². The minimum Gasteiger partial charge on any atom is -0.381 e. The van der Waals surface area contributed by atoms with Crippen molar-refractivity contribution >= 4 is 11.8 Å². The van der Waals surface area contributed by atoms with E-state index in [2.05, 4.69) is 15.1 Å². The molecule has 3 heterocycles. The molecule has 29 heavy (non-hydrogen) atoms. The van der Waals surface area contributed by atoms with Gasteiger partial charge < -0.3 is 15.0 Å². The lowest BCUT2D eigenvalue weighted by Crippen LogP contribution is -2.49. The van der Waals surface area contributed by atoms with Gasteiger partial charge in [-0.2, -0.15) is 0 Å². The highest BCUT2D eigenvalue weighted by Crippen LogP contribution is 2.25. The van der Waals surface area contributed by atoms with E-state index in [4.69, 9.17) is 4.74 Å². The Bertz CT molecular complexity index is 684. The molecule has 1 N–H and O–H groups in total. The number of likely N-dealkylation sites (tertiary alicyclic amines) is 2. The molecule has 3 aliphatic heterocycles. The number of hydrogen-bond acceptors (Lipinski definition) is 4. The third-order valence-corrected chi connectivity index (χ3v) is 6.62. The molecule has 0 aromatic heterocycles. The van der Waals surface area contributed by atoms with Crippen molar-refractivity contribution in [2.45, 2.75) is 50.6 Å². The number of carbonyl (C=O) groups excluding carboxylic acids is 2. The average Bonchev–Trinajstić information content (AvgIpc) is 3.23. The summed E-state index contributed by atoms with van der Waals surface area (Å²) in [5.74, 6) is 0.330. The molecular formula is C23H33N3O3. The maximum atomic E-state index is 13.1. The van der Waals surface area contributed by atoms with Crippen molar-refractivity contribution in [3.63, 3.8) is 0 Å². The van der Waals surface area contributed by atoms with Crippen LogP contribution in [0.25, 0.3) is 0 Å². The molecule has 0 unspecified atom stereocenters. The number of amides is 2. The van der Waals surface area contributed by atoms with Gasteiger partial charge in [0.2, 0.25) is 5.91 Å². The van der Waals surface area contributed by atoms with Crippen molar-refractivity contribution in [2.24, 2.45) is 5.92 Å². The molecule has 0 radical (unpaired) electrons. The van der Waals surface area contributed by atoms with Crippen molar-refractivity contribution < 1.29 is 14.3 Å². The second kappa shape index (κ2) is 9.72. The van der Waals surface area contributed by atoms with E-state index in [-0.39, 0.29) is 17.9 Å². The zero-order chi connectivity index (χ0) is 20.1. The molecule has 0 saturated carbocycles. The predicted octanol–water partition coefficient (Wildman–Crippen LogP) is 2.30. The zero-order valence-corrected chi connectivity index (χ0v) is 17.2.